The van der Waals surface area contributed by atoms with E-state index in [0.29, 0.717) is 11.1 Å². The lowest BCUT2D eigenvalue weighted by atomic mass is 9.54. The van der Waals surface area contributed by atoms with E-state index in [4.69, 9.17) is 0 Å². The highest BCUT2D eigenvalue weighted by Gasteiger charge is 2.62. The summed E-state index contributed by atoms with van der Waals surface area (Å²) in [5.41, 5.74) is 0.347. The van der Waals surface area contributed by atoms with Crippen molar-refractivity contribution in [2.45, 2.75) is 53.9 Å². The first kappa shape index (κ1) is 17.1. The highest BCUT2D eigenvalue weighted by atomic mass is 16.3. The van der Waals surface area contributed by atoms with Gasteiger partial charge in [-0.2, -0.15) is 0 Å². The lowest BCUT2D eigenvalue weighted by Gasteiger charge is -2.49. The molecular weight excluding hydrogens is 304 g/mol. The number of hydrogen-bond donors (Lipinski definition) is 1. The zero-order valence-electron chi connectivity index (χ0n) is 15.1. The molecule has 0 bridgehead atoms. The van der Waals surface area contributed by atoms with Gasteiger partial charge in [-0.25, -0.2) is 0 Å². The van der Waals surface area contributed by atoms with Gasteiger partial charge in [0.05, 0.1) is 0 Å². The van der Waals surface area contributed by atoms with Gasteiger partial charge in [0.1, 0.15) is 12.0 Å². The minimum Gasteiger partial charge on any atom is -0.507 e. The predicted molar refractivity (Wildman–Crippen MR) is 90.3 cm³/mol. The molecule has 1 saturated carbocycles. The summed E-state index contributed by atoms with van der Waals surface area (Å²) in [6.45, 7) is 9.81. The molecule has 0 aromatic rings. The Morgan fingerprint density at radius 1 is 1.12 bits per heavy atom. The number of rotatable bonds is 2. The van der Waals surface area contributed by atoms with Gasteiger partial charge in [-0.3, -0.25) is 9.59 Å². The van der Waals surface area contributed by atoms with Crippen LogP contribution < -0.4 is 0 Å². The van der Waals surface area contributed by atoms with Crippen LogP contribution in [0.4, 0.5) is 0 Å². The number of aldehydes is 1. The van der Waals surface area contributed by atoms with Crippen molar-refractivity contribution in [2.75, 3.05) is 0 Å². The number of carbonyl (C=O) groups excluding carboxylic acids is 3. The van der Waals surface area contributed by atoms with Crippen molar-refractivity contribution in [3.63, 3.8) is 0 Å². The number of fused-ring (bicyclic) bond motifs is 2. The molecule has 1 N–H and O–H groups in total. The van der Waals surface area contributed by atoms with E-state index in [1.165, 1.54) is 0 Å². The number of Topliss-reactive ketones (excluding diaryl/α,β-unsaturated/α-hetero) is 2. The van der Waals surface area contributed by atoms with Gasteiger partial charge in [-0.1, -0.05) is 41.0 Å². The Hall–Kier alpha value is -1.71. The molecule has 3 aliphatic carbocycles. The number of allylic oxidation sites excluding steroid dienone is 3. The Morgan fingerprint density at radius 2 is 1.75 bits per heavy atom. The Kier molecular flexibility index (Phi) is 3.67. The van der Waals surface area contributed by atoms with E-state index in [0.717, 1.165) is 25.5 Å². The molecule has 4 nitrogen and oxygen atoms in total. The Morgan fingerprint density at radius 3 is 2.29 bits per heavy atom. The zero-order valence-corrected chi connectivity index (χ0v) is 15.1. The van der Waals surface area contributed by atoms with Crippen molar-refractivity contribution >= 4 is 17.9 Å². The summed E-state index contributed by atoms with van der Waals surface area (Å²) >= 11 is 0. The minimum absolute atomic E-state index is 0.0633. The molecule has 0 aliphatic heterocycles. The molecule has 0 amide bonds. The van der Waals surface area contributed by atoms with Crippen molar-refractivity contribution in [3.05, 3.63) is 22.5 Å². The van der Waals surface area contributed by atoms with E-state index in [1.807, 2.05) is 6.92 Å². The first-order valence-corrected chi connectivity index (χ1v) is 8.80. The number of hydrogen-bond acceptors (Lipinski definition) is 4. The van der Waals surface area contributed by atoms with Crippen molar-refractivity contribution < 1.29 is 19.5 Å². The van der Waals surface area contributed by atoms with Gasteiger partial charge in [0.2, 0.25) is 11.6 Å². The van der Waals surface area contributed by atoms with Gasteiger partial charge in [0.25, 0.3) is 0 Å². The maximum absolute atomic E-state index is 12.9. The second-order valence-electron chi connectivity index (χ2n) is 8.76. The molecular formula is C20H26O4. The predicted octanol–water partition coefficient (Wildman–Crippen LogP) is 3.56. The molecule has 0 heterocycles. The molecule has 3 atom stereocenters. The largest absolute Gasteiger partial charge is 0.507 e. The Bertz CT molecular complexity index is 707. The van der Waals surface area contributed by atoms with Gasteiger partial charge in [0, 0.05) is 28.1 Å². The van der Waals surface area contributed by atoms with Crippen LogP contribution in [0.2, 0.25) is 0 Å². The average molecular weight is 330 g/mol. The van der Waals surface area contributed by atoms with Crippen LogP contribution in [0.1, 0.15) is 53.9 Å². The molecule has 0 saturated heterocycles. The number of carbonyl (C=O) groups is 3. The lowest BCUT2D eigenvalue weighted by molar-refractivity contribution is -0.134. The second-order valence-corrected chi connectivity index (χ2v) is 8.76. The molecule has 24 heavy (non-hydrogen) atoms. The zero-order chi connectivity index (χ0) is 18.0. The maximum Gasteiger partial charge on any atom is 0.233 e. The van der Waals surface area contributed by atoms with Gasteiger partial charge in [-0.05, 0) is 30.1 Å². The highest BCUT2D eigenvalue weighted by Crippen LogP contribution is 2.65. The van der Waals surface area contributed by atoms with Crippen LogP contribution in [-0.4, -0.2) is 23.0 Å². The van der Waals surface area contributed by atoms with Crippen molar-refractivity contribution in [3.8, 4) is 0 Å². The maximum atomic E-state index is 12.9. The van der Waals surface area contributed by atoms with Crippen molar-refractivity contribution in [2.24, 2.45) is 28.6 Å². The lowest BCUT2D eigenvalue weighted by Crippen LogP contribution is -2.45. The van der Waals surface area contributed by atoms with Crippen LogP contribution in [0.3, 0.4) is 0 Å². The van der Waals surface area contributed by atoms with Crippen molar-refractivity contribution in [1.82, 2.24) is 0 Å². The molecule has 0 spiro atoms. The molecule has 3 aliphatic rings. The minimum atomic E-state index is -0.601. The monoisotopic (exact) mass is 330 g/mol. The molecule has 3 rings (SSSR count). The molecule has 130 valence electrons. The summed E-state index contributed by atoms with van der Waals surface area (Å²) in [5.74, 6) is -2.07. The molecule has 0 unspecified atom stereocenters. The summed E-state index contributed by atoms with van der Waals surface area (Å²) in [6.07, 6.45) is 3.57. The quantitative estimate of drug-likeness (QED) is 0.477. The Labute approximate surface area is 143 Å². The van der Waals surface area contributed by atoms with E-state index < -0.39 is 22.9 Å². The molecule has 0 aromatic carbocycles. The van der Waals surface area contributed by atoms with E-state index in [9.17, 15) is 19.5 Å². The second kappa shape index (κ2) is 5.14. The first-order chi connectivity index (χ1) is 11.1. The van der Waals surface area contributed by atoms with Gasteiger partial charge < -0.3 is 9.90 Å². The Balaban J connectivity index is 2.31. The molecule has 0 aromatic heterocycles. The van der Waals surface area contributed by atoms with Crippen LogP contribution in [0.5, 0.6) is 0 Å². The third kappa shape index (κ3) is 1.95. The molecule has 1 fully saturated rings. The van der Waals surface area contributed by atoms with Crippen LogP contribution in [0, 0.1) is 28.6 Å². The normalized spacial score (nSPS) is 35.4. The van der Waals surface area contributed by atoms with E-state index in [-0.39, 0.29) is 28.6 Å². The van der Waals surface area contributed by atoms with Gasteiger partial charge in [0.15, 0.2) is 0 Å². The SMILES string of the molecule is CC(C)C1=C(O)C2=C(C(=O)C1=O)[C@@]1(C)CCCC(C)(C)[C@@H]1[C@H]2C=O. The highest BCUT2D eigenvalue weighted by molar-refractivity contribution is 6.51. The van der Waals surface area contributed by atoms with Crippen LogP contribution in [0.15, 0.2) is 22.5 Å². The molecule has 4 heteroatoms. The van der Waals surface area contributed by atoms with Gasteiger partial charge >= 0.3 is 0 Å². The van der Waals surface area contributed by atoms with E-state index in [2.05, 4.69) is 13.8 Å². The van der Waals surface area contributed by atoms with Crippen LogP contribution in [0.25, 0.3) is 0 Å². The molecule has 0 radical (unpaired) electrons. The summed E-state index contributed by atoms with van der Waals surface area (Å²) in [5, 5.41) is 10.8. The fourth-order valence-electron chi connectivity index (χ4n) is 5.72. The summed E-state index contributed by atoms with van der Waals surface area (Å²) in [7, 11) is 0. The standard InChI is InChI=1S/C20H26O4/c1-10(2)12-15(22)13-11(9-21)18-19(3,4)7-6-8-20(18,5)14(13)17(24)16(12)23/h9-11,18,22H,6-8H2,1-5H3/t11-,18-,20+/m0/s1. The van der Waals surface area contributed by atoms with E-state index >= 15 is 0 Å². The van der Waals surface area contributed by atoms with E-state index in [1.54, 1.807) is 13.8 Å². The van der Waals surface area contributed by atoms with Crippen LogP contribution in [-0.2, 0) is 14.4 Å². The van der Waals surface area contributed by atoms with Gasteiger partial charge in [-0.15, -0.1) is 0 Å². The fourth-order valence-corrected chi connectivity index (χ4v) is 5.72. The summed E-state index contributed by atoms with van der Waals surface area (Å²) < 4.78 is 0. The number of ketones is 2. The van der Waals surface area contributed by atoms with Crippen LogP contribution >= 0.6 is 0 Å². The first-order valence-electron chi connectivity index (χ1n) is 8.80. The summed E-state index contributed by atoms with van der Waals surface area (Å²) in [6, 6.07) is 0. The number of aliphatic hydroxyl groups excluding tert-OH is 1. The number of aliphatic hydroxyl groups is 1. The average Bonchev–Trinajstić information content (AvgIpc) is 2.74. The smallest absolute Gasteiger partial charge is 0.233 e. The third-order valence-corrected chi connectivity index (χ3v) is 6.49. The third-order valence-electron chi connectivity index (χ3n) is 6.49. The topological polar surface area (TPSA) is 71.4 Å². The fraction of sp³-hybridized carbons (Fsp3) is 0.650. The summed E-state index contributed by atoms with van der Waals surface area (Å²) in [4.78, 5) is 37.5. The van der Waals surface area contributed by atoms with Crippen molar-refractivity contribution in [1.29, 1.82) is 0 Å².